The maximum atomic E-state index is 6.01. The normalized spacial score (nSPS) is 18.5. The van der Waals surface area contributed by atoms with E-state index in [4.69, 9.17) is 10.7 Å². The van der Waals surface area contributed by atoms with Gasteiger partial charge >= 0.3 is 0 Å². The van der Waals surface area contributed by atoms with E-state index < -0.39 is 0 Å². The number of nitrogens with zero attached hydrogens (tertiary/aromatic N) is 5. The highest BCUT2D eigenvalue weighted by Gasteiger charge is 2.22. The van der Waals surface area contributed by atoms with E-state index in [0.29, 0.717) is 5.95 Å². The molecule has 0 radical (unpaired) electrons. The van der Waals surface area contributed by atoms with Gasteiger partial charge in [-0.2, -0.15) is 10.1 Å². The van der Waals surface area contributed by atoms with Crippen LogP contribution in [0.5, 0.6) is 0 Å². The molecule has 0 aliphatic carbocycles. The second kappa shape index (κ2) is 5.44. The zero-order valence-corrected chi connectivity index (χ0v) is 12.9. The fraction of sp³-hybridized carbons (Fsp3) is 0.533. The summed E-state index contributed by atoms with van der Waals surface area (Å²) >= 11 is 0. The number of rotatable bonds is 3. The van der Waals surface area contributed by atoms with Gasteiger partial charge in [0.2, 0.25) is 0 Å². The molecule has 1 fully saturated rings. The molecule has 1 aliphatic heterocycles. The molecule has 1 atom stereocenters. The van der Waals surface area contributed by atoms with Gasteiger partial charge in [-0.25, -0.2) is 9.67 Å². The molecule has 21 heavy (non-hydrogen) atoms. The van der Waals surface area contributed by atoms with Gasteiger partial charge < -0.3 is 10.6 Å². The molecule has 2 N–H and O–H groups in total. The number of hydrogen-bond donors (Lipinski definition) is 1. The maximum Gasteiger partial charge on any atom is 0.252 e. The van der Waals surface area contributed by atoms with Crippen molar-refractivity contribution in [3.8, 4) is 5.95 Å². The van der Waals surface area contributed by atoms with Crippen LogP contribution >= 0.6 is 0 Å². The highest BCUT2D eigenvalue weighted by Crippen LogP contribution is 2.20. The van der Waals surface area contributed by atoms with Crippen LogP contribution in [0.25, 0.3) is 5.95 Å². The molecule has 0 saturated carbocycles. The van der Waals surface area contributed by atoms with Gasteiger partial charge in [0.15, 0.2) is 0 Å². The Hall–Kier alpha value is -1.95. The van der Waals surface area contributed by atoms with E-state index in [1.165, 1.54) is 0 Å². The average molecular weight is 286 g/mol. The van der Waals surface area contributed by atoms with Crippen LogP contribution in [0.2, 0.25) is 0 Å². The average Bonchev–Trinajstić information content (AvgIpc) is 3.04. The summed E-state index contributed by atoms with van der Waals surface area (Å²) in [6.07, 6.45) is 1.89. The molecule has 1 saturated heterocycles. The van der Waals surface area contributed by atoms with Crippen LogP contribution in [0.3, 0.4) is 0 Å². The first-order valence-corrected chi connectivity index (χ1v) is 7.49. The smallest absolute Gasteiger partial charge is 0.252 e. The highest BCUT2D eigenvalue weighted by molar-refractivity contribution is 5.43. The van der Waals surface area contributed by atoms with E-state index in [1.807, 2.05) is 24.6 Å². The minimum absolute atomic E-state index is 0.238. The second-order valence-electron chi connectivity index (χ2n) is 5.70. The van der Waals surface area contributed by atoms with Crippen molar-refractivity contribution in [1.82, 2.24) is 19.7 Å². The number of nitrogens with two attached hydrogens (primary N) is 1. The fourth-order valence-corrected chi connectivity index (χ4v) is 2.73. The number of aryl methyl sites for hydroxylation is 3. The van der Waals surface area contributed by atoms with Gasteiger partial charge in [-0.05, 0) is 32.8 Å². The maximum absolute atomic E-state index is 6.01. The summed E-state index contributed by atoms with van der Waals surface area (Å²) in [5.41, 5.74) is 9.06. The van der Waals surface area contributed by atoms with Crippen molar-refractivity contribution in [3.63, 3.8) is 0 Å². The molecule has 112 valence electrons. The van der Waals surface area contributed by atoms with Crippen molar-refractivity contribution in [2.75, 3.05) is 18.0 Å². The summed E-state index contributed by atoms with van der Waals surface area (Å²) in [4.78, 5) is 11.6. The van der Waals surface area contributed by atoms with Gasteiger partial charge in [-0.3, -0.25) is 0 Å². The van der Waals surface area contributed by atoms with Crippen LogP contribution in [0, 0.1) is 13.8 Å². The number of anilines is 1. The molecule has 0 bridgehead atoms. The predicted molar refractivity (Wildman–Crippen MR) is 82.8 cm³/mol. The van der Waals surface area contributed by atoms with Gasteiger partial charge in [-0.15, -0.1) is 0 Å². The zero-order chi connectivity index (χ0) is 15.0. The number of aromatic nitrogens is 4. The Morgan fingerprint density at radius 1 is 1.29 bits per heavy atom. The SMILES string of the molecule is CCc1cc(N2CCC(N)C2)nc(-n2nc(C)cc2C)n1. The van der Waals surface area contributed by atoms with E-state index in [1.54, 1.807) is 0 Å². The van der Waals surface area contributed by atoms with Crippen LogP contribution in [0.4, 0.5) is 5.82 Å². The Bertz CT molecular complexity index is 648. The minimum atomic E-state index is 0.238. The van der Waals surface area contributed by atoms with Gasteiger partial charge in [0, 0.05) is 36.6 Å². The zero-order valence-electron chi connectivity index (χ0n) is 12.9. The molecule has 0 amide bonds. The molecular weight excluding hydrogens is 264 g/mol. The van der Waals surface area contributed by atoms with Gasteiger partial charge in [-0.1, -0.05) is 6.92 Å². The Kier molecular flexibility index (Phi) is 3.63. The monoisotopic (exact) mass is 286 g/mol. The lowest BCUT2D eigenvalue weighted by Crippen LogP contribution is -2.27. The van der Waals surface area contributed by atoms with Gasteiger partial charge in [0.1, 0.15) is 5.82 Å². The van der Waals surface area contributed by atoms with Crippen LogP contribution in [0.15, 0.2) is 12.1 Å². The molecule has 1 unspecified atom stereocenters. The number of hydrogen-bond acceptors (Lipinski definition) is 5. The fourth-order valence-electron chi connectivity index (χ4n) is 2.73. The Morgan fingerprint density at radius 2 is 2.10 bits per heavy atom. The summed E-state index contributed by atoms with van der Waals surface area (Å²) in [5.74, 6) is 1.60. The molecule has 0 aromatic carbocycles. The second-order valence-corrected chi connectivity index (χ2v) is 5.70. The molecule has 2 aromatic heterocycles. The first-order valence-electron chi connectivity index (χ1n) is 7.49. The third-order valence-corrected chi connectivity index (χ3v) is 3.86. The summed E-state index contributed by atoms with van der Waals surface area (Å²) in [6, 6.07) is 4.34. The van der Waals surface area contributed by atoms with Crippen LogP contribution < -0.4 is 10.6 Å². The van der Waals surface area contributed by atoms with Crippen molar-refractivity contribution >= 4 is 5.82 Å². The minimum Gasteiger partial charge on any atom is -0.355 e. The largest absolute Gasteiger partial charge is 0.355 e. The predicted octanol–water partition coefficient (Wildman–Crippen LogP) is 1.38. The van der Waals surface area contributed by atoms with Crippen molar-refractivity contribution in [2.45, 2.75) is 39.7 Å². The Morgan fingerprint density at radius 3 is 2.67 bits per heavy atom. The van der Waals surface area contributed by atoms with Crippen molar-refractivity contribution in [3.05, 3.63) is 29.2 Å². The first-order chi connectivity index (χ1) is 10.1. The van der Waals surface area contributed by atoms with Crippen molar-refractivity contribution < 1.29 is 0 Å². The highest BCUT2D eigenvalue weighted by atomic mass is 15.4. The van der Waals surface area contributed by atoms with E-state index >= 15 is 0 Å². The lowest BCUT2D eigenvalue weighted by atomic mass is 10.3. The Balaban J connectivity index is 2.03. The quantitative estimate of drug-likeness (QED) is 0.923. The van der Waals surface area contributed by atoms with E-state index in [-0.39, 0.29) is 6.04 Å². The molecule has 6 heteroatoms. The molecular formula is C15H22N6. The van der Waals surface area contributed by atoms with Gasteiger partial charge in [0.05, 0.1) is 5.69 Å². The lowest BCUT2D eigenvalue weighted by Gasteiger charge is -2.18. The molecule has 3 rings (SSSR count). The molecule has 1 aliphatic rings. The summed E-state index contributed by atoms with van der Waals surface area (Å²) in [6.45, 7) is 7.92. The van der Waals surface area contributed by atoms with Crippen molar-refractivity contribution in [2.24, 2.45) is 5.73 Å². The van der Waals surface area contributed by atoms with Crippen LogP contribution in [-0.2, 0) is 6.42 Å². The van der Waals surface area contributed by atoms with Crippen LogP contribution in [0.1, 0.15) is 30.4 Å². The van der Waals surface area contributed by atoms with Crippen LogP contribution in [-0.4, -0.2) is 38.9 Å². The first kappa shape index (κ1) is 14.0. The molecule has 3 heterocycles. The molecule has 6 nitrogen and oxygen atoms in total. The molecule has 2 aromatic rings. The summed E-state index contributed by atoms with van der Waals surface area (Å²) in [5, 5.41) is 4.49. The topological polar surface area (TPSA) is 72.9 Å². The standard InChI is InChI=1S/C15H22N6/c1-4-13-8-14(20-6-5-12(16)9-20)18-15(17-13)21-11(3)7-10(2)19-21/h7-8,12H,4-6,9,16H2,1-3H3. The van der Waals surface area contributed by atoms with Gasteiger partial charge in [0.25, 0.3) is 5.95 Å². The Labute approximate surface area is 125 Å². The third-order valence-electron chi connectivity index (χ3n) is 3.86. The van der Waals surface area contributed by atoms with E-state index in [2.05, 4.69) is 28.0 Å². The summed E-state index contributed by atoms with van der Waals surface area (Å²) in [7, 11) is 0. The lowest BCUT2D eigenvalue weighted by molar-refractivity contribution is 0.744. The van der Waals surface area contributed by atoms with E-state index in [9.17, 15) is 0 Å². The van der Waals surface area contributed by atoms with E-state index in [0.717, 1.165) is 48.8 Å². The summed E-state index contributed by atoms with van der Waals surface area (Å²) < 4.78 is 1.81. The van der Waals surface area contributed by atoms with Crippen molar-refractivity contribution in [1.29, 1.82) is 0 Å². The molecule has 0 spiro atoms. The third kappa shape index (κ3) is 2.76.